The molecule has 0 heterocycles. The molecule has 0 radical (unpaired) electrons. The van der Waals surface area contributed by atoms with Crippen molar-refractivity contribution in [2.24, 2.45) is 11.5 Å². The summed E-state index contributed by atoms with van der Waals surface area (Å²) < 4.78 is 25.2. The molecule has 0 atom stereocenters. The number of amides is 2. The summed E-state index contributed by atoms with van der Waals surface area (Å²) in [6.45, 7) is 0.00938. The van der Waals surface area contributed by atoms with E-state index in [1.807, 2.05) is 0 Å². The van der Waals surface area contributed by atoms with Gasteiger partial charge in [0.05, 0.1) is 18.0 Å². The first-order chi connectivity index (χ1) is 9.64. The molecule has 0 saturated carbocycles. The first-order valence-corrected chi connectivity index (χ1v) is 7.26. The summed E-state index contributed by atoms with van der Waals surface area (Å²) in [5.41, 5.74) is 10.3. The van der Waals surface area contributed by atoms with Crippen LogP contribution in [0.5, 0.6) is 0 Å². The van der Waals surface area contributed by atoms with E-state index in [4.69, 9.17) is 11.5 Å². The van der Waals surface area contributed by atoms with Gasteiger partial charge in [0.1, 0.15) is 0 Å². The molecule has 0 bridgehead atoms. The minimum Gasteiger partial charge on any atom is -0.369 e. The number of rotatable bonds is 7. The molecule has 4 N–H and O–H groups in total. The van der Waals surface area contributed by atoms with E-state index in [0.29, 0.717) is 9.87 Å². The van der Waals surface area contributed by atoms with E-state index in [-0.39, 0.29) is 10.7 Å². The normalized spacial score (nSPS) is 11.3. The first kappa shape index (κ1) is 16.8. The monoisotopic (exact) mass is 313 g/mol. The molecule has 0 aromatic heterocycles. The molecule has 0 spiro atoms. The average molecular weight is 313 g/mol. The molecule has 8 nitrogen and oxygen atoms in total. The maximum atomic E-state index is 12.3. The third kappa shape index (κ3) is 4.36. The molecule has 0 saturated heterocycles. The van der Waals surface area contributed by atoms with E-state index < -0.39 is 34.9 Å². The Morgan fingerprint density at radius 2 is 1.43 bits per heavy atom. The Bertz CT molecular complexity index is 651. The Morgan fingerprint density at radius 3 is 1.76 bits per heavy atom. The summed E-state index contributed by atoms with van der Waals surface area (Å²) in [7, 11) is -4.11. The van der Waals surface area contributed by atoms with Crippen LogP contribution in [0.15, 0.2) is 29.2 Å². The summed E-state index contributed by atoms with van der Waals surface area (Å²) in [5, 5.41) is 0. The molecule has 0 aliphatic rings. The Labute approximate surface area is 121 Å². The lowest BCUT2D eigenvalue weighted by atomic mass is 10.2. The van der Waals surface area contributed by atoms with Gasteiger partial charge in [0.2, 0.25) is 21.8 Å². The van der Waals surface area contributed by atoms with E-state index in [0.717, 1.165) is 0 Å². The van der Waals surface area contributed by atoms with Crippen molar-refractivity contribution in [3.63, 3.8) is 0 Å². The summed E-state index contributed by atoms with van der Waals surface area (Å²) in [6.07, 6.45) is 0. The molecule has 0 unspecified atom stereocenters. The van der Waals surface area contributed by atoms with Gasteiger partial charge in [0, 0.05) is 5.56 Å². The zero-order valence-corrected chi connectivity index (χ0v) is 12.1. The van der Waals surface area contributed by atoms with Crippen LogP contribution >= 0.6 is 0 Å². The maximum Gasteiger partial charge on any atom is 0.244 e. The van der Waals surface area contributed by atoms with Gasteiger partial charge in [-0.1, -0.05) is 12.1 Å². The van der Waals surface area contributed by atoms with Crippen molar-refractivity contribution in [3.8, 4) is 0 Å². The highest BCUT2D eigenvalue weighted by Gasteiger charge is 2.27. The molecule has 2 amide bonds. The second-order valence-corrected chi connectivity index (χ2v) is 6.22. The quantitative estimate of drug-likeness (QED) is 0.611. The number of ketones is 1. The largest absolute Gasteiger partial charge is 0.369 e. The van der Waals surface area contributed by atoms with Gasteiger partial charge in [-0.25, -0.2) is 8.42 Å². The van der Waals surface area contributed by atoms with Crippen LogP contribution in [0, 0.1) is 0 Å². The third-order valence-corrected chi connectivity index (χ3v) is 4.37. The number of carbonyl (C=O) groups excluding carboxylic acids is 3. The zero-order valence-electron chi connectivity index (χ0n) is 11.3. The number of hydrogen-bond donors (Lipinski definition) is 2. The smallest absolute Gasteiger partial charge is 0.244 e. The molecule has 0 aliphatic carbocycles. The van der Waals surface area contributed by atoms with Gasteiger partial charge >= 0.3 is 0 Å². The van der Waals surface area contributed by atoms with Crippen molar-refractivity contribution < 1.29 is 22.8 Å². The maximum absolute atomic E-state index is 12.3. The lowest BCUT2D eigenvalue weighted by Crippen LogP contribution is -2.43. The Hall–Kier alpha value is -2.26. The lowest BCUT2D eigenvalue weighted by molar-refractivity contribution is -0.120. The van der Waals surface area contributed by atoms with Crippen molar-refractivity contribution in [3.05, 3.63) is 29.8 Å². The number of benzene rings is 1. The number of Topliss-reactive ketones (excluding diaryl/α,β-unsaturated/α-hetero) is 1. The van der Waals surface area contributed by atoms with E-state index in [9.17, 15) is 22.8 Å². The average Bonchev–Trinajstić information content (AvgIpc) is 2.37. The molecular weight excluding hydrogens is 298 g/mol. The molecule has 0 aliphatic heterocycles. The highest BCUT2D eigenvalue weighted by molar-refractivity contribution is 7.89. The molecule has 1 aromatic carbocycles. The van der Waals surface area contributed by atoms with E-state index in [1.54, 1.807) is 0 Å². The van der Waals surface area contributed by atoms with E-state index >= 15 is 0 Å². The van der Waals surface area contributed by atoms with Crippen molar-refractivity contribution in [1.82, 2.24) is 4.31 Å². The Morgan fingerprint density at radius 1 is 1.00 bits per heavy atom. The van der Waals surface area contributed by atoms with Crippen LogP contribution in [0.25, 0.3) is 0 Å². The van der Waals surface area contributed by atoms with Gasteiger partial charge in [-0.2, -0.15) is 4.31 Å². The number of nitrogens with two attached hydrogens (primary N) is 2. The topological polar surface area (TPSA) is 141 Å². The van der Waals surface area contributed by atoms with Crippen LogP contribution in [0.3, 0.4) is 0 Å². The fourth-order valence-electron chi connectivity index (χ4n) is 1.58. The standard InChI is InChI=1S/C12H15N3O5S/c1-8(16)9-2-4-10(5-3-9)21(19,20)15(6-11(13)17)7-12(14)18/h2-5H,6-7H2,1H3,(H2,13,17)(H2,14,18). The van der Waals surface area contributed by atoms with Crippen LogP contribution < -0.4 is 11.5 Å². The van der Waals surface area contributed by atoms with Crippen LogP contribution in [0.1, 0.15) is 17.3 Å². The number of nitrogens with zero attached hydrogens (tertiary/aromatic N) is 1. The summed E-state index contributed by atoms with van der Waals surface area (Å²) >= 11 is 0. The lowest BCUT2D eigenvalue weighted by Gasteiger charge is -2.19. The Kier molecular flexibility index (Phi) is 5.17. The Balaban J connectivity index is 3.17. The number of carbonyl (C=O) groups is 3. The minimum atomic E-state index is -4.11. The highest BCUT2D eigenvalue weighted by atomic mass is 32.2. The number of sulfonamides is 1. The SMILES string of the molecule is CC(=O)c1ccc(S(=O)(=O)N(CC(N)=O)CC(N)=O)cc1. The van der Waals surface area contributed by atoms with Crippen LogP contribution in [-0.2, 0) is 19.6 Å². The van der Waals surface area contributed by atoms with Crippen molar-refractivity contribution in [2.75, 3.05) is 13.1 Å². The van der Waals surface area contributed by atoms with Gasteiger partial charge in [0.25, 0.3) is 0 Å². The second-order valence-electron chi connectivity index (χ2n) is 4.29. The fourth-order valence-corrected chi connectivity index (χ4v) is 2.96. The van der Waals surface area contributed by atoms with Crippen molar-refractivity contribution in [2.45, 2.75) is 11.8 Å². The van der Waals surface area contributed by atoms with Gasteiger partial charge in [0.15, 0.2) is 5.78 Å². The molecule has 9 heteroatoms. The number of hydrogen-bond acceptors (Lipinski definition) is 5. The van der Waals surface area contributed by atoms with E-state index in [2.05, 4.69) is 0 Å². The zero-order chi connectivity index (χ0) is 16.2. The van der Waals surface area contributed by atoms with Gasteiger partial charge in [-0.15, -0.1) is 0 Å². The minimum absolute atomic E-state index is 0.171. The summed E-state index contributed by atoms with van der Waals surface area (Å²) in [4.78, 5) is 32.8. The van der Waals surface area contributed by atoms with E-state index in [1.165, 1.54) is 31.2 Å². The first-order valence-electron chi connectivity index (χ1n) is 5.82. The van der Waals surface area contributed by atoms with Gasteiger partial charge < -0.3 is 11.5 Å². The highest BCUT2D eigenvalue weighted by Crippen LogP contribution is 2.16. The molecule has 21 heavy (non-hydrogen) atoms. The predicted molar refractivity (Wildman–Crippen MR) is 73.6 cm³/mol. The molecule has 0 fully saturated rings. The van der Waals surface area contributed by atoms with Gasteiger partial charge in [-0.3, -0.25) is 14.4 Å². The predicted octanol–water partition coefficient (Wildman–Crippen LogP) is -1.15. The summed E-state index contributed by atoms with van der Waals surface area (Å²) in [5.74, 6) is -2.05. The third-order valence-electron chi connectivity index (χ3n) is 2.56. The molecule has 1 aromatic rings. The molecule has 1 rings (SSSR count). The van der Waals surface area contributed by atoms with Crippen LogP contribution in [0.2, 0.25) is 0 Å². The molecular formula is C12H15N3O5S. The summed E-state index contributed by atoms with van der Waals surface area (Å²) in [6, 6.07) is 5.09. The van der Waals surface area contributed by atoms with Crippen LogP contribution in [0.4, 0.5) is 0 Å². The van der Waals surface area contributed by atoms with Gasteiger partial charge in [-0.05, 0) is 19.1 Å². The molecule has 114 valence electrons. The van der Waals surface area contributed by atoms with Crippen molar-refractivity contribution in [1.29, 1.82) is 0 Å². The number of primary amides is 2. The second kappa shape index (κ2) is 6.46. The van der Waals surface area contributed by atoms with Crippen LogP contribution in [-0.4, -0.2) is 43.4 Å². The van der Waals surface area contributed by atoms with Crippen molar-refractivity contribution >= 4 is 27.6 Å². The fraction of sp³-hybridized carbons (Fsp3) is 0.250.